The van der Waals surface area contributed by atoms with E-state index in [-0.39, 0.29) is 5.91 Å². The molecule has 0 N–H and O–H groups in total. The Bertz CT molecular complexity index is 1210. The van der Waals surface area contributed by atoms with Crippen LogP contribution in [-0.2, 0) is 6.54 Å². The first kappa shape index (κ1) is 20.9. The van der Waals surface area contributed by atoms with E-state index in [4.69, 9.17) is 5.10 Å². The van der Waals surface area contributed by atoms with Crippen LogP contribution >= 0.6 is 0 Å². The first-order chi connectivity index (χ1) is 16.2. The van der Waals surface area contributed by atoms with Gasteiger partial charge in [-0.2, -0.15) is 5.10 Å². The smallest absolute Gasteiger partial charge is 0.257 e. The molecule has 4 aromatic rings. The minimum atomic E-state index is 0.0410. The van der Waals surface area contributed by atoms with Gasteiger partial charge < -0.3 is 9.80 Å². The average Bonchev–Trinajstić information content (AvgIpc) is 3.29. The second-order valence-corrected chi connectivity index (χ2v) is 8.43. The van der Waals surface area contributed by atoms with Crippen LogP contribution < -0.4 is 4.90 Å². The summed E-state index contributed by atoms with van der Waals surface area (Å²) in [7, 11) is 0. The van der Waals surface area contributed by atoms with Crippen molar-refractivity contribution in [2.75, 3.05) is 31.1 Å². The molecule has 0 aliphatic carbocycles. The summed E-state index contributed by atoms with van der Waals surface area (Å²) in [5, 5.41) is 4.84. The molecule has 1 aliphatic rings. The van der Waals surface area contributed by atoms with Crippen molar-refractivity contribution in [3.8, 4) is 11.3 Å². The van der Waals surface area contributed by atoms with Gasteiger partial charge in [0.2, 0.25) is 0 Å². The van der Waals surface area contributed by atoms with Gasteiger partial charge >= 0.3 is 0 Å². The van der Waals surface area contributed by atoms with Crippen LogP contribution in [0.4, 0.5) is 5.69 Å². The number of pyridine rings is 1. The SMILES string of the molecule is Cc1ccc(-c2nn(Cc3ccccc3)cc2C(=O)N2CCN(c3ccncc3)CC2)cc1. The van der Waals surface area contributed by atoms with Crippen LogP contribution in [0.2, 0.25) is 0 Å². The van der Waals surface area contributed by atoms with Crippen molar-refractivity contribution in [2.24, 2.45) is 0 Å². The molecule has 0 saturated carbocycles. The van der Waals surface area contributed by atoms with Crippen molar-refractivity contribution in [3.05, 3.63) is 102 Å². The molecule has 1 saturated heterocycles. The molecule has 3 heterocycles. The number of benzene rings is 2. The lowest BCUT2D eigenvalue weighted by Gasteiger charge is -2.36. The van der Waals surface area contributed by atoms with Gasteiger partial charge in [-0.25, -0.2) is 0 Å². The lowest BCUT2D eigenvalue weighted by atomic mass is 10.1. The zero-order chi connectivity index (χ0) is 22.6. The zero-order valence-corrected chi connectivity index (χ0v) is 18.8. The van der Waals surface area contributed by atoms with E-state index in [1.807, 2.05) is 70.6 Å². The van der Waals surface area contributed by atoms with Crippen molar-refractivity contribution in [2.45, 2.75) is 13.5 Å². The minimum absolute atomic E-state index is 0.0410. The predicted octanol–water partition coefficient (Wildman–Crippen LogP) is 4.26. The predicted molar refractivity (Wildman–Crippen MR) is 130 cm³/mol. The topological polar surface area (TPSA) is 54.3 Å². The Balaban J connectivity index is 1.40. The number of carbonyl (C=O) groups is 1. The molecule has 33 heavy (non-hydrogen) atoms. The molecule has 6 heteroatoms. The molecule has 0 unspecified atom stereocenters. The monoisotopic (exact) mass is 437 g/mol. The van der Waals surface area contributed by atoms with E-state index in [0.29, 0.717) is 25.2 Å². The lowest BCUT2D eigenvalue weighted by molar-refractivity contribution is 0.0747. The van der Waals surface area contributed by atoms with Crippen LogP contribution in [-0.4, -0.2) is 51.8 Å². The summed E-state index contributed by atoms with van der Waals surface area (Å²) in [5.74, 6) is 0.0410. The van der Waals surface area contributed by atoms with E-state index in [2.05, 4.69) is 41.1 Å². The Morgan fingerprint density at radius 3 is 2.27 bits per heavy atom. The number of rotatable bonds is 5. The maximum absolute atomic E-state index is 13.6. The van der Waals surface area contributed by atoms with Crippen molar-refractivity contribution in [3.63, 3.8) is 0 Å². The Labute approximate surface area is 194 Å². The highest BCUT2D eigenvalue weighted by molar-refractivity contribution is 6.00. The van der Waals surface area contributed by atoms with Gasteiger partial charge in [0.15, 0.2) is 0 Å². The number of aromatic nitrogens is 3. The van der Waals surface area contributed by atoms with E-state index >= 15 is 0 Å². The van der Waals surface area contributed by atoms with Gasteiger partial charge in [0.05, 0.1) is 12.1 Å². The van der Waals surface area contributed by atoms with Crippen LogP contribution in [0.15, 0.2) is 85.3 Å². The Morgan fingerprint density at radius 1 is 0.879 bits per heavy atom. The Hall–Kier alpha value is -3.93. The molecule has 0 bridgehead atoms. The van der Waals surface area contributed by atoms with Crippen LogP contribution in [0.3, 0.4) is 0 Å². The van der Waals surface area contributed by atoms with Gasteiger partial charge in [0.1, 0.15) is 5.69 Å². The van der Waals surface area contributed by atoms with Gasteiger partial charge in [0.25, 0.3) is 5.91 Å². The summed E-state index contributed by atoms with van der Waals surface area (Å²) in [6.45, 7) is 5.65. The van der Waals surface area contributed by atoms with Crippen molar-refractivity contribution >= 4 is 11.6 Å². The third kappa shape index (κ3) is 4.65. The molecule has 1 aliphatic heterocycles. The highest BCUT2D eigenvalue weighted by Gasteiger charge is 2.26. The highest BCUT2D eigenvalue weighted by Crippen LogP contribution is 2.25. The third-order valence-electron chi connectivity index (χ3n) is 6.10. The van der Waals surface area contributed by atoms with Crippen molar-refractivity contribution < 1.29 is 4.79 Å². The molecule has 166 valence electrons. The number of amides is 1. The van der Waals surface area contributed by atoms with Gasteiger partial charge in [-0.05, 0) is 24.6 Å². The fourth-order valence-corrected chi connectivity index (χ4v) is 4.25. The molecule has 0 atom stereocenters. The van der Waals surface area contributed by atoms with E-state index in [1.54, 1.807) is 0 Å². The molecule has 1 amide bonds. The molecule has 0 radical (unpaired) electrons. The van der Waals surface area contributed by atoms with E-state index in [9.17, 15) is 4.79 Å². The van der Waals surface area contributed by atoms with Gasteiger partial charge in [0, 0.05) is 56.0 Å². The molecular weight excluding hydrogens is 410 g/mol. The second kappa shape index (κ2) is 9.28. The molecule has 6 nitrogen and oxygen atoms in total. The van der Waals surface area contributed by atoms with E-state index in [0.717, 1.165) is 35.6 Å². The maximum Gasteiger partial charge on any atom is 0.257 e. The van der Waals surface area contributed by atoms with E-state index in [1.165, 1.54) is 5.56 Å². The largest absolute Gasteiger partial charge is 0.368 e. The number of hydrogen-bond acceptors (Lipinski definition) is 4. The number of aryl methyl sites for hydroxylation is 1. The van der Waals surface area contributed by atoms with Crippen LogP contribution in [0.1, 0.15) is 21.5 Å². The summed E-state index contributed by atoms with van der Waals surface area (Å²) in [6, 6.07) is 22.4. The molecule has 2 aromatic carbocycles. The number of piperazine rings is 1. The van der Waals surface area contributed by atoms with Crippen molar-refractivity contribution in [1.82, 2.24) is 19.7 Å². The molecule has 1 fully saturated rings. The maximum atomic E-state index is 13.6. The molecule has 5 rings (SSSR count). The van der Waals surface area contributed by atoms with Gasteiger partial charge in [-0.1, -0.05) is 60.2 Å². The lowest BCUT2D eigenvalue weighted by Crippen LogP contribution is -2.48. The molecular formula is C27H27N5O. The fourth-order valence-electron chi connectivity index (χ4n) is 4.25. The fraction of sp³-hybridized carbons (Fsp3) is 0.222. The average molecular weight is 438 g/mol. The minimum Gasteiger partial charge on any atom is -0.368 e. The summed E-state index contributed by atoms with van der Waals surface area (Å²) < 4.78 is 1.88. The van der Waals surface area contributed by atoms with Gasteiger partial charge in [-0.3, -0.25) is 14.5 Å². The third-order valence-corrected chi connectivity index (χ3v) is 6.10. The van der Waals surface area contributed by atoms with Crippen LogP contribution in [0, 0.1) is 6.92 Å². The highest BCUT2D eigenvalue weighted by atomic mass is 16.2. The summed E-state index contributed by atoms with van der Waals surface area (Å²) >= 11 is 0. The zero-order valence-electron chi connectivity index (χ0n) is 18.8. The number of carbonyl (C=O) groups excluding carboxylic acids is 1. The number of hydrogen-bond donors (Lipinski definition) is 0. The van der Waals surface area contributed by atoms with Crippen LogP contribution in [0.25, 0.3) is 11.3 Å². The molecule has 2 aromatic heterocycles. The summed E-state index contributed by atoms with van der Waals surface area (Å²) in [5.41, 5.74) is 5.85. The summed E-state index contributed by atoms with van der Waals surface area (Å²) in [4.78, 5) is 22.0. The summed E-state index contributed by atoms with van der Waals surface area (Å²) in [6.07, 6.45) is 5.52. The Morgan fingerprint density at radius 2 is 1.58 bits per heavy atom. The van der Waals surface area contributed by atoms with Crippen LogP contribution in [0.5, 0.6) is 0 Å². The Kier molecular flexibility index (Phi) is 5.89. The number of anilines is 1. The first-order valence-electron chi connectivity index (χ1n) is 11.3. The van der Waals surface area contributed by atoms with E-state index < -0.39 is 0 Å². The quantitative estimate of drug-likeness (QED) is 0.468. The van der Waals surface area contributed by atoms with Gasteiger partial charge in [-0.15, -0.1) is 0 Å². The van der Waals surface area contributed by atoms with Crippen molar-refractivity contribution in [1.29, 1.82) is 0 Å². The number of nitrogens with zero attached hydrogens (tertiary/aromatic N) is 5. The first-order valence-corrected chi connectivity index (χ1v) is 11.3. The standard InChI is InChI=1S/C27H27N5O/c1-21-7-9-23(10-8-21)26-25(20-32(29-26)19-22-5-3-2-4-6-22)27(33)31-17-15-30(16-18-31)24-11-13-28-14-12-24/h2-14,20H,15-19H2,1H3. The normalized spacial score (nSPS) is 13.8. The molecule has 0 spiro atoms. The second-order valence-electron chi connectivity index (χ2n) is 8.43.